The molecule has 4 nitrogen and oxygen atoms in total. The molecule has 0 fully saturated rings. The van der Waals surface area contributed by atoms with Crippen LogP contribution in [0.25, 0.3) is 0 Å². The van der Waals surface area contributed by atoms with E-state index in [2.05, 4.69) is 43.2 Å². The quantitative estimate of drug-likeness (QED) is 0.425. The van der Waals surface area contributed by atoms with Crippen molar-refractivity contribution in [3.05, 3.63) is 59.1 Å². The first-order valence-corrected chi connectivity index (χ1v) is 8.34. The van der Waals surface area contributed by atoms with Crippen molar-refractivity contribution in [3.8, 4) is 0 Å². The molecule has 0 saturated heterocycles. The van der Waals surface area contributed by atoms with Gasteiger partial charge in [-0.05, 0) is 46.1 Å². The number of nitro benzene ring substituents is 1. The van der Waals surface area contributed by atoms with Crippen molar-refractivity contribution >= 4 is 48.9 Å². The summed E-state index contributed by atoms with van der Waals surface area (Å²) in [6.07, 6.45) is 0.973. The second-order valence-corrected chi connectivity index (χ2v) is 7.57. The molecule has 7 heteroatoms. The summed E-state index contributed by atoms with van der Waals surface area (Å²) in [4.78, 5) is 11.6. The number of hydrogen-bond acceptors (Lipinski definition) is 4. The molecule has 106 valence electrons. The van der Waals surface area contributed by atoms with Gasteiger partial charge in [-0.2, -0.15) is 0 Å². The van der Waals surface area contributed by atoms with Gasteiger partial charge in [0.1, 0.15) is 0 Å². The third kappa shape index (κ3) is 4.37. The Morgan fingerprint density at radius 1 is 1.25 bits per heavy atom. The number of non-ortho nitro benzene ring substituents is 1. The number of nitro groups is 1. The number of hydrogen-bond donors (Lipinski definition) is 1. The summed E-state index contributed by atoms with van der Waals surface area (Å²) in [6.45, 7) is 1.56. The Morgan fingerprint density at radius 2 is 2.05 bits per heavy atom. The highest BCUT2D eigenvalue weighted by Crippen LogP contribution is 2.23. The molecular formula is C13H12Br2N2O2S. The van der Waals surface area contributed by atoms with E-state index in [1.165, 1.54) is 17.0 Å². The zero-order chi connectivity index (χ0) is 14.5. The van der Waals surface area contributed by atoms with E-state index >= 15 is 0 Å². The number of rotatable bonds is 6. The minimum absolute atomic E-state index is 0.101. The fourth-order valence-electron chi connectivity index (χ4n) is 1.71. The fourth-order valence-corrected chi connectivity index (χ4v) is 3.70. The van der Waals surface area contributed by atoms with E-state index in [4.69, 9.17) is 0 Å². The average Bonchev–Trinajstić information content (AvgIpc) is 2.81. The average molecular weight is 420 g/mol. The molecule has 1 N–H and O–H groups in total. The van der Waals surface area contributed by atoms with E-state index in [0.29, 0.717) is 6.54 Å². The van der Waals surface area contributed by atoms with E-state index in [1.807, 2.05) is 6.07 Å². The van der Waals surface area contributed by atoms with Crippen LogP contribution in [0.2, 0.25) is 0 Å². The van der Waals surface area contributed by atoms with Gasteiger partial charge in [0.25, 0.3) is 5.69 Å². The van der Waals surface area contributed by atoms with Gasteiger partial charge in [-0.3, -0.25) is 10.1 Å². The van der Waals surface area contributed by atoms with Gasteiger partial charge >= 0.3 is 0 Å². The van der Waals surface area contributed by atoms with Crippen molar-refractivity contribution < 1.29 is 4.92 Å². The van der Waals surface area contributed by atoms with Crippen molar-refractivity contribution in [2.24, 2.45) is 0 Å². The highest BCUT2D eigenvalue weighted by molar-refractivity contribution is 9.11. The van der Waals surface area contributed by atoms with Crippen molar-refractivity contribution in [3.63, 3.8) is 0 Å². The van der Waals surface area contributed by atoms with Crippen molar-refractivity contribution in [2.45, 2.75) is 13.0 Å². The zero-order valence-electron chi connectivity index (χ0n) is 10.4. The van der Waals surface area contributed by atoms with Gasteiger partial charge in [0.2, 0.25) is 0 Å². The molecule has 1 heterocycles. The number of nitrogens with one attached hydrogen (secondary N) is 1. The van der Waals surface area contributed by atoms with Crippen LogP contribution in [-0.4, -0.2) is 11.5 Å². The van der Waals surface area contributed by atoms with E-state index in [9.17, 15) is 10.1 Å². The van der Waals surface area contributed by atoms with Gasteiger partial charge in [0, 0.05) is 34.6 Å². The Kier molecular flexibility index (Phi) is 5.71. The van der Waals surface area contributed by atoms with Crippen LogP contribution in [0.5, 0.6) is 0 Å². The molecule has 2 aromatic rings. The third-order valence-corrected chi connectivity index (χ3v) is 5.16. The van der Waals surface area contributed by atoms with E-state index in [0.717, 1.165) is 26.8 Å². The largest absolute Gasteiger partial charge is 0.312 e. The van der Waals surface area contributed by atoms with Gasteiger partial charge in [0.15, 0.2) is 0 Å². The van der Waals surface area contributed by atoms with E-state index < -0.39 is 4.92 Å². The number of halogens is 2. The number of thiophene rings is 1. The maximum absolute atomic E-state index is 10.7. The van der Waals surface area contributed by atoms with Crippen LogP contribution in [0, 0.1) is 10.1 Å². The van der Waals surface area contributed by atoms with Gasteiger partial charge in [-0.1, -0.05) is 15.9 Å². The molecule has 1 aromatic carbocycles. The van der Waals surface area contributed by atoms with Crippen LogP contribution in [-0.2, 0) is 13.0 Å². The number of benzene rings is 1. The molecule has 0 aliphatic carbocycles. The molecule has 0 bridgehead atoms. The zero-order valence-corrected chi connectivity index (χ0v) is 14.4. The van der Waals surface area contributed by atoms with Crippen LogP contribution >= 0.6 is 43.2 Å². The Balaban J connectivity index is 1.83. The first-order valence-electron chi connectivity index (χ1n) is 5.94. The normalized spacial score (nSPS) is 10.7. The molecule has 0 aliphatic heterocycles. The summed E-state index contributed by atoms with van der Waals surface area (Å²) < 4.78 is 1.91. The maximum Gasteiger partial charge on any atom is 0.270 e. The Hall–Kier alpha value is -0.760. The topological polar surface area (TPSA) is 55.2 Å². The van der Waals surface area contributed by atoms with Crippen LogP contribution in [0.15, 0.2) is 38.6 Å². The first kappa shape index (κ1) is 15.6. The highest BCUT2D eigenvalue weighted by Gasteiger charge is 2.08. The van der Waals surface area contributed by atoms with E-state index in [-0.39, 0.29) is 5.69 Å². The smallest absolute Gasteiger partial charge is 0.270 e. The molecule has 0 amide bonds. The maximum atomic E-state index is 10.7. The Bertz CT molecular complexity index is 616. The lowest BCUT2D eigenvalue weighted by Crippen LogP contribution is -2.16. The van der Waals surface area contributed by atoms with Gasteiger partial charge in [0.05, 0.1) is 8.71 Å². The summed E-state index contributed by atoms with van der Waals surface area (Å²) in [6, 6.07) is 8.99. The second-order valence-electron chi connectivity index (χ2n) is 4.17. The molecule has 0 saturated carbocycles. The summed E-state index contributed by atoms with van der Waals surface area (Å²) in [5.74, 6) is 0. The van der Waals surface area contributed by atoms with Crippen LogP contribution in [0.1, 0.15) is 10.4 Å². The van der Waals surface area contributed by atoms with Crippen molar-refractivity contribution in [1.82, 2.24) is 5.32 Å². The van der Waals surface area contributed by atoms with Gasteiger partial charge in [-0.15, -0.1) is 11.3 Å². The highest BCUT2D eigenvalue weighted by atomic mass is 79.9. The molecule has 0 aliphatic rings. The van der Waals surface area contributed by atoms with Crippen molar-refractivity contribution in [2.75, 3.05) is 6.54 Å². The minimum Gasteiger partial charge on any atom is -0.312 e. The third-order valence-electron chi connectivity index (χ3n) is 2.74. The SMILES string of the molecule is O=[N+]([O-])c1ccc(CNCCc2ccc(Br)s2)c(Br)c1. The van der Waals surface area contributed by atoms with E-state index in [1.54, 1.807) is 17.4 Å². The monoisotopic (exact) mass is 418 g/mol. The first-order chi connectivity index (χ1) is 9.56. The van der Waals surface area contributed by atoms with Crippen LogP contribution in [0.3, 0.4) is 0 Å². The summed E-state index contributed by atoms with van der Waals surface area (Å²) in [5, 5.41) is 14.0. The molecule has 20 heavy (non-hydrogen) atoms. The van der Waals surface area contributed by atoms with Crippen LogP contribution < -0.4 is 5.32 Å². The predicted molar refractivity (Wildman–Crippen MR) is 88.2 cm³/mol. The summed E-state index contributed by atoms with van der Waals surface area (Å²) in [7, 11) is 0. The van der Waals surface area contributed by atoms with Gasteiger partial charge < -0.3 is 5.32 Å². The second kappa shape index (κ2) is 7.31. The van der Waals surface area contributed by atoms with Crippen molar-refractivity contribution in [1.29, 1.82) is 0 Å². The molecule has 1 aromatic heterocycles. The lowest BCUT2D eigenvalue weighted by Gasteiger charge is -2.06. The summed E-state index contributed by atoms with van der Waals surface area (Å²) in [5.41, 5.74) is 1.12. The fraction of sp³-hybridized carbons (Fsp3) is 0.231. The lowest BCUT2D eigenvalue weighted by molar-refractivity contribution is -0.384. The lowest BCUT2D eigenvalue weighted by atomic mass is 10.2. The summed E-state index contributed by atoms with van der Waals surface area (Å²) >= 11 is 8.54. The molecule has 2 rings (SSSR count). The molecule has 0 spiro atoms. The van der Waals surface area contributed by atoms with Crippen LogP contribution in [0.4, 0.5) is 5.69 Å². The molecule has 0 unspecified atom stereocenters. The predicted octanol–water partition coefficient (Wildman–Crippen LogP) is 4.51. The Morgan fingerprint density at radius 3 is 2.65 bits per heavy atom. The molecular weight excluding hydrogens is 408 g/mol. The number of nitrogens with zero attached hydrogens (tertiary/aromatic N) is 1. The molecule has 0 radical (unpaired) electrons. The Labute approximate surface area is 137 Å². The standard InChI is InChI=1S/C13H12Br2N2O2S/c14-12-7-10(17(18)19)2-1-9(12)8-16-6-5-11-3-4-13(15)20-11/h1-4,7,16H,5-6,8H2. The van der Waals surface area contributed by atoms with Gasteiger partial charge in [-0.25, -0.2) is 0 Å². The minimum atomic E-state index is -0.392. The molecule has 0 atom stereocenters.